The maximum absolute atomic E-state index is 2.56. The lowest BCUT2D eigenvalue weighted by Crippen LogP contribution is -2.24. The Morgan fingerprint density at radius 3 is 2.00 bits per heavy atom. The number of rotatable bonds is 4. The maximum Gasteiger partial charge on any atom is 0.0446 e. The second-order valence-electron chi connectivity index (χ2n) is 6.87. The van der Waals surface area contributed by atoms with Gasteiger partial charge < -0.3 is 9.80 Å². The molecule has 4 rings (SSSR count). The van der Waals surface area contributed by atoms with Crippen LogP contribution in [0.5, 0.6) is 0 Å². The summed E-state index contributed by atoms with van der Waals surface area (Å²) in [7, 11) is 4.30. The van der Waals surface area contributed by atoms with Gasteiger partial charge in [0.1, 0.15) is 0 Å². The molecule has 1 fully saturated rings. The first-order valence-corrected chi connectivity index (χ1v) is 8.36. The first-order valence-electron chi connectivity index (χ1n) is 8.36. The minimum atomic E-state index is 0.733. The van der Waals surface area contributed by atoms with Crippen LogP contribution in [0.15, 0.2) is 48.5 Å². The molecule has 0 saturated heterocycles. The molecule has 2 nitrogen and oxygen atoms in total. The van der Waals surface area contributed by atoms with Crippen LogP contribution < -0.4 is 4.90 Å². The Kier molecular flexibility index (Phi) is 3.42. The molecule has 0 spiro atoms. The lowest BCUT2D eigenvalue weighted by molar-refractivity contribution is 0.402. The summed E-state index contributed by atoms with van der Waals surface area (Å²) in [6.45, 7) is 2.22. The van der Waals surface area contributed by atoms with E-state index in [1.54, 1.807) is 11.1 Å². The molecule has 0 amide bonds. The molecule has 2 aliphatic rings. The quantitative estimate of drug-likeness (QED) is 0.826. The highest BCUT2D eigenvalue weighted by atomic mass is 15.2. The Bertz CT molecular complexity index is 625. The standard InChI is InChI=1S/C20H24N2/c1-21(2)12-7-13-22-19-10-5-3-8-15(19)17-14-18(17)16-9-4-6-11-20(16)22/h3-6,8-11,17-18H,7,12-14H2,1-2H3/t17-,18+. The zero-order valence-electron chi connectivity index (χ0n) is 13.5. The second-order valence-corrected chi connectivity index (χ2v) is 6.87. The van der Waals surface area contributed by atoms with Crippen LogP contribution in [0, 0.1) is 0 Å². The van der Waals surface area contributed by atoms with Gasteiger partial charge in [-0.3, -0.25) is 0 Å². The van der Waals surface area contributed by atoms with Crippen LogP contribution in [-0.2, 0) is 0 Å². The van der Waals surface area contributed by atoms with Gasteiger partial charge in [0.05, 0.1) is 0 Å². The highest BCUT2D eigenvalue weighted by Gasteiger charge is 2.44. The molecule has 1 aliphatic carbocycles. The molecule has 114 valence electrons. The highest BCUT2D eigenvalue weighted by molar-refractivity contribution is 5.74. The smallest absolute Gasteiger partial charge is 0.0446 e. The normalized spacial score (nSPS) is 21.9. The van der Waals surface area contributed by atoms with Crippen LogP contribution in [-0.4, -0.2) is 32.1 Å². The number of hydrogen-bond acceptors (Lipinski definition) is 2. The van der Waals surface area contributed by atoms with Gasteiger partial charge in [0.2, 0.25) is 0 Å². The first-order chi connectivity index (χ1) is 10.8. The van der Waals surface area contributed by atoms with Crippen molar-refractivity contribution < 1.29 is 0 Å². The van der Waals surface area contributed by atoms with Crippen LogP contribution >= 0.6 is 0 Å². The minimum Gasteiger partial charge on any atom is -0.341 e. The summed E-state index contributed by atoms with van der Waals surface area (Å²) in [5.74, 6) is 1.47. The third-order valence-electron chi connectivity index (χ3n) is 5.03. The summed E-state index contributed by atoms with van der Waals surface area (Å²) < 4.78 is 0. The average Bonchev–Trinajstić information content (AvgIpc) is 3.32. The molecule has 2 atom stereocenters. The van der Waals surface area contributed by atoms with Crippen molar-refractivity contribution in [2.24, 2.45) is 0 Å². The lowest BCUT2D eigenvalue weighted by atomic mass is 10.0. The van der Waals surface area contributed by atoms with Crippen LogP contribution in [0.3, 0.4) is 0 Å². The fraction of sp³-hybridized carbons (Fsp3) is 0.400. The van der Waals surface area contributed by atoms with Gasteiger partial charge in [-0.1, -0.05) is 36.4 Å². The SMILES string of the molecule is CN(C)CCCN1c2ccccc2[C@H]2C[C@H]2c2ccccc21. The molecule has 0 unspecified atom stereocenters. The van der Waals surface area contributed by atoms with Gasteiger partial charge >= 0.3 is 0 Å². The highest BCUT2D eigenvalue weighted by Crippen LogP contribution is 2.61. The number of para-hydroxylation sites is 2. The molecule has 0 aromatic heterocycles. The van der Waals surface area contributed by atoms with Gasteiger partial charge in [0.15, 0.2) is 0 Å². The third-order valence-corrected chi connectivity index (χ3v) is 5.03. The fourth-order valence-electron chi connectivity index (χ4n) is 3.89. The van der Waals surface area contributed by atoms with Gasteiger partial charge in [0.25, 0.3) is 0 Å². The van der Waals surface area contributed by atoms with Crippen molar-refractivity contribution in [3.05, 3.63) is 59.7 Å². The zero-order valence-corrected chi connectivity index (χ0v) is 13.5. The average molecular weight is 292 g/mol. The summed E-state index contributed by atoms with van der Waals surface area (Å²) in [5, 5.41) is 0. The van der Waals surface area contributed by atoms with E-state index >= 15 is 0 Å². The summed E-state index contributed by atoms with van der Waals surface area (Å²) in [4.78, 5) is 4.83. The Labute approximate surface area is 133 Å². The van der Waals surface area contributed by atoms with Crippen molar-refractivity contribution in [2.45, 2.75) is 24.7 Å². The Hall–Kier alpha value is -1.80. The maximum atomic E-state index is 2.56. The summed E-state index contributed by atoms with van der Waals surface area (Å²) in [6, 6.07) is 18.1. The molecule has 2 heteroatoms. The molecule has 1 heterocycles. The molecule has 0 N–H and O–H groups in total. The summed E-state index contributed by atoms with van der Waals surface area (Å²) in [6.07, 6.45) is 2.50. The molecule has 2 aromatic rings. The predicted octanol–water partition coefficient (Wildman–Crippen LogP) is 4.36. The van der Waals surface area contributed by atoms with E-state index in [1.807, 2.05) is 0 Å². The van der Waals surface area contributed by atoms with Gasteiger partial charge in [-0.25, -0.2) is 0 Å². The molecule has 0 radical (unpaired) electrons. The van der Waals surface area contributed by atoms with E-state index in [9.17, 15) is 0 Å². The van der Waals surface area contributed by atoms with E-state index in [2.05, 4.69) is 72.4 Å². The topological polar surface area (TPSA) is 6.48 Å². The van der Waals surface area contributed by atoms with Gasteiger partial charge in [-0.05, 0) is 68.6 Å². The van der Waals surface area contributed by atoms with Gasteiger partial charge in [0, 0.05) is 17.9 Å². The Balaban J connectivity index is 1.74. The molecule has 0 bridgehead atoms. The van der Waals surface area contributed by atoms with Crippen molar-refractivity contribution in [1.29, 1.82) is 0 Å². The monoisotopic (exact) mass is 292 g/mol. The van der Waals surface area contributed by atoms with Crippen LogP contribution in [0.4, 0.5) is 11.4 Å². The number of anilines is 2. The molecule has 1 saturated carbocycles. The van der Waals surface area contributed by atoms with Crippen molar-refractivity contribution in [3.63, 3.8) is 0 Å². The second kappa shape index (κ2) is 5.44. The van der Waals surface area contributed by atoms with Crippen molar-refractivity contribution in [3.8, 4) is 0 Å². The Morgan fingerprint density at radius 2 is 1.45 bits per heavy atom. The van der Waals surface area contributed by atoms with Crippen LogP contribution in [0.1, 0.15) is 35.8 Å². The van der Waals surface area contributed by atoms with Gasteiger partial charge in [-0.2, -0.15) is 0 Å². The largest absolute Gasteiger partial charge is 0.341 e. The van der Waals surface area contributed by atoms with Crippen LogP contribution in [0.2, 0.25) is 0 Å². The van der Waals surface area contributed by atoms with E-state index in [0.717, 1.165) is 24.9 Å². The summed E-state index contributed by atoms with van der Waals surface area (Å²) in [5.41, 5.74) is 5.96. The zero-order chi connectivity index (χ0) is 15.1. The number of fused-ring (bicyclic) bond motifs is 5. The number of hydrogen-bond donors (Lipinski definition) is 0. The molecule has 22 heavy (non-hydrogen) atoms. The van der Waals surface area contributed by atoms with E-state index in [0.29, 0.717) is 0 Å². The summed E-state index contributed by atoms with van der Waals surface area (Å²) >= 11 is 0. The van der Waals surface area contributed by atoms with E-state index < -0.39 is 0 Å². The molecular formula is C20H24N2. The van der Waals surface area contributed by atoms with Crippen molar-refractivity contribution in [2.75, 3.05) is 32.1 Å². The van der Waals surface area contributed by atoms with Gasteiger partial charge in [-0.15, -0.1) is 0 Å². The molecule has 1 aliphatic heterocycles. The van der Waals surface area contributed by atoms with Crippen molar-refractivity contribution in [1.82, 2.24) is 4.90 Å². The fourth-order valence-corrected chi connectivity index (χ4v) is 3.89. The first kappa shape index (κ1) is 13.8. The van der Waals surface area contributed by atoms with E-state index in [-0.39, 0.29) is 0 Å². The van der Waals surface area contributed by atoms with E-state index in [1.165, 1.54) is 24.2 Å². The number of nitrogens with zero attached hydrogens (tertiary/aromatic N) is 2. The van der Waals surface area contributed by atoms with Crippen molar-refractivity contribution >= 4 is 11.4 Å². The van der Waals surface area contributed by atoms with Crippen LogP contribution in [0.25, 0.3) is 0 Å². The Morgan fingerprint density at radius 1 is 0.909 bits per heavy atom. The molecule has 2 aromatic carbocycles. The van der Waals surface area contributed by atoms with E-state index in [4.69, 9.17) is 0 Å². The minimum absolute atomic E-state index is 0.733. The third kappa shape index (κ3) is 2.32. The molecular weight excluding hydrogens is 268 g/mol. The lowest BCUT2D eigenvalue weighted by Gasteiger charge is -2.28. The predicted molar refractivity (Wildman–Crippen MR) is 93.2 cm³/mol. The number of benzene rings is 2.